The molecule has 1 aromatic heterocycles. The molecule has 0 saturated heterocycles. The molecule has 0 aliphatic carbocycles. The molecule has 1 heterocycles. The lowest BCUT2D eigenvalue weighted by atomic mass is 10.1. The van der Waals surface area contributed by atoms with Gasteiger partial charge in [-0.3, -0.25) is 10.1 Å². The van der Waals surface area contributed by atoms with Gasteiger partial charge in [-0.05, 0) is 25.6 Å². The standard InChI is InChI=1S/C11H15N5O2/c1-8(6-13-2)7-15-11-10(16(17)18)9(5-12)3-4-14-11/h3-4,8,13H,6-7H2,1-2H3,(H,14,15). The van der Waals surface area contributed by atoms with Gasteiger partial charge in [-0.1, -0.05) is 6.92 Å². The van der Waals surface area contributed by atoms with Gasteiger partial charge >= 0.3 is 5.69 Å². The monoisotopic (exact) mass is 249 g/mol. The van der Waals surface area contributed by atoms with Gasteiger partial charge in [-0.2, -0.15) is 5.26 Å². The van der Waals surface area contributed by atoms with Crippen molar-refractivity contribution in [3.05, 3.63) is 27.9 Å². The minimum atomic E-state index is -0.587. The van der Waals surface area contributed by atoms with Crippen LogP contribution in [0.5, 0.6) is 0 Å². The van der Waals surface area contributed by atoms with Gasteiger partial charge in [0.2, 0.25) is 5.82 Å². The summed E-state index contributed by atoms with van der Waals surface area (Å²) >= 11 is 0. The molecule has 0 aliphatic heterocycles. The van der Waals surface area contributed by atoms with Crippen LogP contribution in [-0.2, 0) is 0 Å². The Bertz CT molecular complexity index is 469. The van der Waals surface area contributed by atoms with Crippen molar-refractivity contribution in [2.45, 2.75) is 6.92 Å². The van der Waals surface area contributed by atoms with Crippen molar-refractivity contribution in [2.24, 2.45) is 5.92 Å². The molecule has 18 heavy (non-hydrogen) atoms. The second-order valence-electron chi connectivity index (χ2n) is 3.97. The highest BCUT2D eigenvalue weighted by Gasteiger charge is 2.21. The average molecular weight is 249 g/mol. The van der Waals surface area contributed by atoms with Crippen molar-refractivity contribution in [3.8, 4) is 6.07 Å². The van der Waals surface area contributed by atoms with Crippen molar-refractivity contribution in [3.63, 3.8) is 0 Å². The van der Waals surface area contributed by atoms with E-state index in [2.05, 4.69) is 15.6 Å². The van der Waals surface area contributed by atoms with Crippen molar-refractivity contribution >= 4 is 11.5 Å². The summed E-state index contributed by atoms with van der Waals surface area (Å²) < 4.78 is 0. The molecule has 0 aliphatic rings. The Hall–Kier alpha value is -2.20. The van der Waals surface area contributed by atoms with E-state index in [-0.39, 0.29) is 17.1 Å². The summed E-state index contributed by atoms with van der Waals surface area (Å²) in [7, 11) is 1.84. The summed E-state index contributed by atoms with van der Waals surface area (Å²) in [5.74, 6) is 0.434. The summed E-state index contributed by atoms with van der Waals surface area (Å²) in [5.41, 5.74) is -0.254. The molecule has 96 valence electrons. The third-order valence-corrected chi connectivity index (χ3v) is 2.40. The molecular formula is C11H15N5O2. The van der Waals surface area contributed by atoms with Gasteiger partial charge in [0.15, 0.2) is 0 Å². The molecule has 0 radical (unpaired) electrons. The van der Waals surface area contributed by atoms with Crippen molar-refractivity contribution in [1.29, 1.82) is 5.26 Å². The fourth-order valence-electron chi connectivity index (χ4n) is 1.55. The van der Waals surface area contributed by atoms with Crippen LogP contribution in [0, 0.1) is 27.4 Å². The fraction of sp³-hybridized carbons (Fsp3) is 0.455. The number of hydrogen-bond donors (Lipinski definition) is 2. The van der Waals surface area contributed by atoms with E-state index in [1.807, 2.05) is 14.0 Å². The van der Waals surface area contributed by atoms with Crippen LogP contribution < -0.4 is 10.6 Å². The molecule has 0 amide bonds. The molecule has 7 heteroatoms. The fourth-order valence-corrected chi connectivity index (χ4v) is 1.55. The van der Waals surface area contributed by atoms with E-state index in [1.54, 1.807) is 6.07 Å². The first-order valence-electron chi connectivity index (χ1n) is 5.52. The predicted octanol–water partition coefficient (Wildman–Crippen LogP) is 1.13. The summed E-state index contributed by atoms with van der Waals surface area (Å²) in [4.78, 5) is 14.3. The molecule has 1 rings (SSSR count). The van der Waals surface area contributed by atoms with E-state index in [9.17, 15) is 10.1 Å². The molecule has 1 atom stereocenters. The highest BCUT2D eigenvalue weighted by atomic mass is 16.6. The predicted molar refractivity (Wildman–Crippen MR) is 67.2 cm³/mol. The zero-order valence-electron chi connectivity index (χ0n) is 10.3. The first-order valence-corrected chi connectivity index (χ1v) is 5.52. The van der Waals surface area contributed by atoms with Gasteiger partial charge in [-0.25, -0.2) is 4.98 Å². The van der Waals surface area contributed by atoms with Gasteiger partial charge in [0.1, 0.15) is 11.6 Å². The smallest absolute Gasteiger partial charge is 0.328 e. The van der Waals surface area contributed by atoms with Crippen LogP contribution in [0.4, 0.5) is 11.5 Å². The molecule has 1 aromatic rings. The third-order valence-electron chi connectivity index (χ3n) is 2.40. The maximum atomic E-state index is 10.9. The summed E-state index contributed by atoms with van der Waals surface area (Å²) in [5, 5.41) is 25.7. The number of aromatic nitrogens is 1. The quantitative estimate of drug-likeness (QED) is 0.578. The van der Waals surface area contributed by atoms with Crippen LogP contribution in [0.25, 0.3) is 0 Å². The third kappa shape index (κ3) is 3.40. The number of nitrogens with one attached hydrogen (secondary N) is 2. The zero-order valence-corrected chi connectivity index (χ0v) is 10.3. The molecule has 1 unspecified atom stereocenters. The normalized spacial score (nSPS) is 11.6. The van der Waals surface area contributed by atoms with Gasteiger partial charge in [0, 0.05) is 12.7 Å². The minimum Gasteiger partial charge on any atom is -0.364 e. The van der Waals surface area contributed by atoms with Gasteiger partial charge < -0.3 is 10.6 Å². The molecule has 0 fully saturated rings. The van der Waals surface area contributed by atoms with E-state index in [4.69, 9.17) is 5.26 Å². The average Bonchev–Trinajstić information content (AvgIpc) is 2.35. The van der Waals surface area contributed by atoms with Crippen LogP contribution in [0.1, 0.15) is 12.5 Å². The van der Waals surface area contributed by atoms with Gasteiger partial charge in [-0.15, -0.1) is 0 Å². The van der Waals surface area contributed by atoms with Crippen molar-refractivity contribution in [1.82, 2.24) is 10.3 Å². The highest BCUT2D eigenvalue weighted by Crippen LogP contribution is 2.25. The van der Waals surface area contributed by atoms with E-state index >= 15 is 0 Å². The molecule has 7 nitrogen and oxygen atoms in total. The Kier molecular flexibility index (Phi) is 5.02. The second-order valence-corrected chi connectivity index (χ2v) is 3.97. The lowest BCUT2D eigenvalue weighted by Crippen LogP contribution is -2.23. The van der Waals surface area contributed by atoms with Crippen LogP contribution in [0.2, 0.25) is 0 Å². The van der Waals surface area contributed by atoms with E-state index in [0.717, 1.165) is 6.54 Å². The number of rotatable bonds is 6. The lowest BCUT2D eigenvalue weighted by molar-refractivity contribution is -0.384. The highest BCUT2D eigenvalue weighted by molar-refractivity contribution is 5.63. The molecule has 0 spiro atoms. The van der Waals surface area contributed by atoms with Crippen LogP contribution in [0.3, 0.4) is 0 Å². The Labute approximate surface area is 105 Å². The summed E-state index contributed by atoms with van der Waals surface area (Å²) in [6.07, 6.45) is 1.39. The van der Waals surface area contributed by atoms with Crippen LogP contribution in [0.15, 0.2) is 12.3 Å². The zero-order chi connectivity index (χ0) is 13.5. The molecule has 2 N–H and O–H groups in total. The number of anilines is 1. The molecule has 0 saturated carbocycles. The van der Waals surface area contributed by atoms with E-state index in [0.29, 0.717) is 12.5 Å². The molecule has 0 bridgehead atoms. The Morgan fingerprint density at radius 2 is 2.33 bits per heavy atom. The summed E-state index contributed by atoms with van der Waals surface area (Å²) in [6.45, 7) is 3.34. The van der Waals surface area contributed by atoms with Crippen LogP contribution in [-0.4, -0.2) is 30.0 Å². The van der Waals surface area contributed by atoms with E-state index in [1.165, 1.54) is 12.3 Å². The number of nitro groups is 1. The SMILES string of the molecule is CNCC(C)CNc1nccc(C#N)c1[N+](=O)[O-]. The molecule has 0 aromatic carbocycles. The topological polar surface area (TPSA) is 104 Å². The second kappa shape index (κ2) is 6.51. The number of nitrogens with zero attached hydrogens (tertiary/aromatic N) is 3. The van der Waals surface area contributed by atoms with E-state index < -0.39 is 4.92 Å². The Morgan fingerprint density at radius 3 is 2.89 bits per heavy atom. The van der Waals surface area contributed by atoms with Crippen LogP contribution >= 0.6 is 0 Å². The number of pyridine rings is 1. The largest absolute Gasteiger partial charge is 0.364 e. The first kappa shape index (κ1) is 13.9. The Morgan fingerprint density at radius 1 is 1.61 bits per heavy atom. The maximum absolute atomic E-state index is 10.9. The number of nitriles is 1. The lowest BCUT2D eigenvalue weighted by Gasteiger charge is -2.12. The summed E-state index contributed by atoms with van der Waals surface area (Å²) in [6, 6.07) is 3.13. The molecular weight excluding hydrogens is 234 g/mol. The van der Waals surface area contributed by atoms with Gasteiger partial charge in [0.25, 0.3) is 0 Å². The van der Waals surface area contributed by atoms with Gasteiger partial charge in [0.05, 0.1) is 4.92 Å². The Balaban J connectivity index is 2.89. The van der Waals surface area contributed by atoms with Crippen molar-refractivity contribution in [2.75, 3.05) is 25.5 Å². The number of hydrogen-bond acceptors (Lipinski definition) is 6. The first-order chi connectivity index (χ1) is 8.60. The minimum absolute atomic E-state index is 0.0127. The van der Waals surface area contributed by atoms with Crippen molar-refractivity contribution < 1.29 is 4.92 Å². The maximum Gasteiger partial charge on any atom is 0.328 e.